The van der Waals surface area contributed by atoms with E-state index in [-0.39, 0.29) is 23.0 Å². The van der Waals surface area contributed by atoms with E-state index < -0.39 is 68.0 Å². The fourth-order valence-corrected chi connectivity index (χ4v) is 12.8. The summed E-state index contributed by atoms with van der Waals surface area (Å²) in [5.74, 6) is 3.03. The van der Waals surface area contributed by atoms with Crippen molar-refractivity contribution in [3.8, 4) is 0 Å². The summed E-state index contributed by atoms with van der Waals surface area (Å²) in [5.41, 5.74) is 1.51. The van der Waals surface area contributed by atoms with Gasteiger partial charge in [0, 0.05) is 12.6 Å². The third-order valence-corrected chi connectivity index (χ3v) is 15.7. The number of aliphatic hydroxyl groups excluding tert-OH is 7. The summed E-state index contributed by atoms with van der Waals surface area (Å²) in [5, 5.41) is 74.7. The Hall–Kier alpha value is -0.740. The van der Waals surface area contributed by atoms with Gasteiger partial charge in [0.25, 0.3) is 0 Å². The van der Waals surface area contributed by atoms with E-state index in [0.29, 0.717) is 42.1 Å². The predicted molar refractivity (Wildman–Crippen MR) is 190 cm³/mol. The van der Waals surface area contributed by atoms with Gasteiger partial charge in [-0.05, 0) is 118 Å². The van der Waals surface area contributed by atoms with Crippen molar-refractivity contribution in [3.05, 3.63) is 11.6 Å². The molecular formula is C40H67NO11. The zero-order chi connectivity index (χ0) is 37.4. The lowest BCUT2D eigenvalue weighted by molar-refractivity contribution is -0.369. The van der Waals surface area contributed by atoms with Crippen LogP contribution in [0.4, 0.5) is 0 Å². The number of allylic oxidation sites excluding steroid dienone is 1. The zero-order valence-corrected chi connectivity index (χ0v) is 32.0. The highest BCUT2D eigenvalue weighted by Crippen LogP contribution is 2.67. The van der Waals surface area contributed by atoms with Crippen molar-refractivity contribution in [2.75, 3.05) is 20.2 Å². The van der Waals surface area contributed by atoms with Crippen LogP contribution in [0.5, 0.6) is 0 Å². The molecule has 4 unspecified atom stereocenters. The molecule has 3 aliphatic heterocycles. The van der Waals surface area contributed by atoms with Crippen molar-refractivity contribution in [1.29, 1.82) is 0 Å². The summed E-state index contributed by atoms with van der Waals surface area (Å²) in [4.78, 5) is 2.56. The molecule has 7 N–H and O–H groups in total. The quantitative estimate of drug-likeness (QED) is 0.189. The predicted octanol–water partition coefficient (Wildman–Crippen LogP) is 1.94. The molecule has 3 heterocycles. The summed E-state index contributed by atoms with van der Waals surface area (Å²) in [6.45, 7) is 11.8. The molecule has 298 valence electrons. The molecule has 0 aromatic heterocycles. The third kappa shape index (κ3) is 6.66. The zero-order valence-electron chi connectivity index (χ0n) is 32.0. The molecule has 6 fully saturated rings. The van der Waals surface area contributed by atoms with Gasteiger partial charge in [-0.3, -0.25) is 0 Å². The first-order valence-electron chi connectivity index (χ1n) is 20.3. The molecule has 12 nitrogen and oxygen atoms in total. The molecule has 7 rings (SSSR count). The van der Waals surface area contributed by atoms with E-state index in [1.807, 2.05) is 0 Å². The SMILES string of the molecule is CC1CCC(C(C)C2[C@@H](O)C[C@H]3[C@@H]4CC=C5C[C@@H](O[C@@H]6O[C@H](CO)[C@@H](O)[C@H](O)[C@H]6O[C@@H]6O[C@@H](C)[C@@H](O)[C@@H](O)[C@H]6O)CC[C@]5(C)[C@H]4CC[C@]23C)N(C)C1. The first-order chi connectivity index (χ1) is 24.6. The number of fused-ring (bicyclic) bond motifs is 5. The number of hydrogen-bond donors (Lipinski definition) is 7. The van der Waals surface area contributed by atoms with Gasteiger partial charge < -0.3 is 59.6 Å². The molecular weight excluding hydrogens is 670 g/mol. The van der Waals surface area contributed by atoms with Crippen LogP contribution in [0.25, 0.3) is 0 Å². The molecule has 0 spiro atoms. The average molecular weight is 738 g/mol. The van der Waals surface area contributed by atoms with Crippen LogP contribution in [0, 0.1) is 46.3 Å². The van der Waals surface area contributed by atoms with Gasteiger partial charge in [0.05, 0.1) is 24.9 Å². The van der Waals surface area contributed by atoms with Crippen LogP contribution in [-0.2, 0) is 18.9 Å². The molecule has 0 radical (unpaired) electrons. The molecule has 0 amide bonds. The maximum absolute atomic E-state index is 11.8. The lowest BCUT2D eigenvalue weighted by Crippen LogP contribution is -2.64. The summed E-state index contributed by atoms with van der Waals surface area (Å²) >= 11 is 0. The Balaban J connectivity index is 1.05. The maximum atomic E-state index is 11.8. The normalized spacial score (nSPS) is 54.8. The Morgan fingerprint density at radius 1 is 0.865 bits per heavy atom. The molecule has 12 heteroatoms. The van der Waals surface area contributed by atoms with E-state index in [4.69, 9.17) is 18.9 Å². The minimum atomic E-state index is -1.61. The number of hydrogen-bond acceptors (Lipinski definition) is 12. The molecule has 4 aliphatic carbocycles. The second-order valence-corrected chi connectivity index (χ2v) is 18.7. The van der Waals surface area contributed by atoms with Gasteiger partial charge in [-0.1, -0.05) is 39.3 Å². The molecule has 52 heavy (non-hydrogen) atoms. The molecule has 21 atom stereocenters. The minimum Gasteiger partial charge on any atom is -0.394 e. The molecule has 0 aromatic carbocycles. The van der Waals surface area contributed by atoms with E-state index in [9.17, 15) is 35.7 Å². The number of piperidine rings is 1. The topological polar surface area (TPSA) is 182 Å². The van der Waals surface area contributed by atoms with Crippen LogP contribution in [-0.4, -0.2) is 141 Å². The van der Waals surface area contributed by atoms with Gasteiger partial charge in [0.1, 0.15) is 42.7 Å². The Morgan fingerprint density at radius 2 is 1.62 bits per heavy atom. The highest BCUT2D eigenvalue weighted by molar-refractivity contribution is 5.26. The van der Waals surface area contributed by atoms with E-state index >= 15 is 0 Å². The third-order valence-electron chi connectivity index (χ3n) is 15.7. The fourth-order valence-electron chi connectivity index (χ4n) is 12.8. The van der Waals surface area contributed by atoms with E-state index in [1.165, 1.54) is 25.3 Å². The Kier molecular flexibility index (Phi) is 11.4. The van der Waals surface area contributed by atoms with Crippen LogP contribution in [0.1, 0.15) is 92.4 Å². The van der Waals surface area contributed by atoms with Crippen molar-refractivity contribution in [1.82, 2.24) is 4.90 Å². The van der Waals surface area contributed by atoms with Crippen molar-refractivity contribution in [2.45, 2.75) is 172 Å². The van der Waals surface area contributed by atoms with Crippen molar-refractivity contribution < 1.29 is 54.7 Å². The molecule has 7 aliphatic rings. The standard InChI is InChI=1S/C40H67NO11/c1-19-7-10-27(41(6)17-19)20(2)30-28(43)16-26-24-9-8-22-15-23(11-13-39(22,4)25(24)12-14-40(26,30)5)50-38-36(34(47)32(45)29(18-42)51-38)52-37-35(48)33(46)31(44)21(3)49-37/h8,19-21,23-38,42-48H,7,9-18H2,1-6H3/t19?,20?,21-,23-,24+,25-,26-,27?,28-,29+,30?,31+,32+,33+,34-,35+,36+,37-,38+,39-,40-/m0/s1. The van der Waals surface area contributed by atoms with Gasteiger partial charge in [-0.15, -0.1) is 0 Å². The molecule has 3 saturated heterocycles. The smallest absolute Gasteiger partial charge is 0.187 e. The van der Waals surface area contributed by atoms with E-state index in [0.717, 1.165) is 51.0 Å². The Labute approximate surface area is 309 Å². The summed E-state index contributed by atoms with van der Waals surface area (Å²) in [6, 6.07) is 0.522. The summed E-state index contributed by atoms with van der Waals surface area (Å²) < 4.78 is 24.1. The monoisotopic (exact) mass is 737 g/mol. The van der Waals surface area contributed by atoms with Crippen molar-refractivity contribution >= 4 is 0 Å². The lowest BCUT2D eigenvalue weighted by atomic mass is 9.46. The van der Waals surface area contributed by atoms with Gasteiger partial charge in [0.15, 0.2) is 12.6 Å². The van der Waals surface area contributed by atoms with Crippen LogP contribution in [0.3, 0.4) is 0 Å². The van der Waals surface area contributed by atoms with Gasteiger partial charge in [-0.25, -0.2) is 0 Å². The maximum Gasteiger partial charge on any atom is 0.187 e. The highest BCUT2D eigenvalue weighted by Gasteiger charge is 2.63. The number of rotatable bonds is 7. The minimum absolute atomic E-state index is 0.0122. The first-order valence-corrected chi connectivity index (χ1v) is 20.3. The fraction of sp³-hybridized carbons (Fsp3) is 0.950. The molecule has 0 bridgehead atoms. The van der Waals surface area contributed by atoms with Gasteiger partial charge in [0.2, 0.25) is 0 Å². The van der Waals surface area contributed by atoms with Gasteiger partial charge in [-0.2, -0.15) is 0 Å². The number of ether oxygens (including phenoxy) is 4. The largest absolute Gasteiger partial charge is 0.394 e. The second-order valence-electron chi connectivity index (χ2n) is 18.7. The lowest BCUT2D eigenvalue weighted by Gasteiger charge is -2.59. The van der Waals surface area contributed by atoms with E-state index in [1.54, 1.807) is 0 Å². The number of aliphatic hydroxyl groups is 7. The summed E-state index contributed by atoms with van der Waals surface area (Å²) in [7, 11) is 2.28. The number of nitrogens with zero attached hydrogens (tertiary/aromatic N) is 1. The van der Waals surface area contributed by atoms with Crippen LogP contribution in [0.2, 0.25) is 0 Å². The second kappa shape index (κ2) is 15.0. The average Bonchev–Trinajstić information content (AvgIpc) is 3.38. The Bertz CT molecular complexity index is 1290. The Morgan fingerprint density at radius 3 is 2.33 bits per heavy atom. The van der Waals surface area contributed by atoms with Gasteiger partial charge >= 0.3 is 0 Å². The summed E-state index contributed by atoms with van der Waals surface area (Å²) in [6.07, 6.45) is -2.53. The van der Waals surface area contributed by atoms with Crippen LogP contribution in [0.15, 0.2) is 11.6 Å². The number of likely N-dealkylation sites (tertiary alicyclic amines) is 1. The van der Waals surface area contributed by atoms with Crippen molar-refractivity contribution in [3.63, 3.8) is 0 Å². The van der Waals surface area contributed by atoms with Crippen molar-refractivity contribution in [2.24, 2.45) is 46.3 Å². The first kappa shape index (κ1) is 39.5. The van der Waals surface area contributed by atoms with Crippen LogP contribution < -0.4 is 0 Å². The van der Waals surface area contributed by atoms with E-state index in [2.05, 4.69) is 45.7 Å². The van der Waals surface area contributed by atoms with Crippen LogP contribution >= 0.6 is 0 Å². The molecule has 0 aromatic rings. The molecule has 3 saturated carbocycles. The highest BCUT2D eigenvalue weighted by atomic mass is 16.8.